The van der Waals surface area contributed by atoms with Crippen LogP contribution in [0.2, 0.25) is 0 Å². The Bertz CT molecular complexity index is 770. The van der Waals surface area contributed by atoms with Crippen LogP contribution < -0.4 is 10.6 Å². The molecule has 0 aromatic carbocycles. The first-order chi connectivity index (χ1) is 12.8. The lowest BCUT2D eigenvalue weighted by Gasteiger charge is -2.29. The summed E-state index contributed by atoms with van der Waals surface area (Å²) >= 11 is 0. The van der Waals surface area contributed by atoms with Crippen LogP contribution in [0.25, 0.3) is 0 Å². The number of aromatic nitrogens is 2. The van der Waals surface area contributed by atoms with Crippen molar-refractivity contribution < 1.29 is 26.7 Å². The lowest BCUT2D eigenvalue weighted by atomic mass is 9.98. The van der Waals surface area contributed by atoms with Gasteiger partial charge in [0, 0.05) is 51.2 Å². The molecule has 29 heavy (non-hydrogen) atoms. The van der Waals surface area contributed by atoms with Gasteiger partial charge in [0.2, 0.25) is 5.60 Å². The molecule has 8 nitrogen and oxygen atoms in total. The van der Waals surface area contributed by atoms with Crippen LogP contribution in [0.1, 0.15) is 32.5 Å². The van der Waals surface area contributed by atoms with Crippen LogP contribution in [0, 0.1) is 0 Å². The van der Waals surface area contributed by atoms with Gasteiger partial charge >= 0.3 is 6.18 Å². The number of nitrogens with zero attached hydrogens (tertiary/aromatic N) is 3. The molecular formula is C16H29F3IN5O3S. The van der Waals surface area contributed by atoms with E-state index in [-0.39, 0.29) is 48.3 Å². The highest BCUT2D eigenvalue weighted by Gasteiger charge is 2.57. The zero-order valence-corrected chi connectivity index (χ0v) is 20.0. The fraction of sp³-hybridized carbons (Fsp3) is 0.750. The molecule has 0 amide bonds. The van der Waals surface area contributed by atoms with Crippen molar-refractivity contribution in [2.24, 2.45) is 12.0 Å². The number of rotatable bonds is 9. The number of alkyl halides is 3. The minimum atomic E-state index is -4.92. The average Bonchev–Trinajstić information content (AvgIpc) is 2.97. The van der Waals surface area contributed by atoms with E-state index in [4.69, 9.17) is 0 Å². The van der Waals surface area contributed by atoms with Gasteiger partial charge in [0.1, 0.15) is 15.7 Å². The Kier molecular flexibility index (Phi) is 10.9. The van der Waals surface area contributed by atoms with E-state index < -0.39 is 33.9 Å². The number of aliphatic imine (C=N–C) groups is 1. The van der Waals surface area contributed by atoms with E-state index in [1.165, 1.54) is 19.4 Å². The standard InChI is InChI=1S/C16H28F3N5O3S.HI/c1-5-20-14(23-12(2)6-11-28(4,26)27)22-8-7-15(25,16(17,18)19)13-21-9-10-24(13)3;/h9-10,12,25H,5-8,11H2,1-4H3,(H2,20,22,23);1H. The zero-order chi connectivity index (χ0) is 21.6. The third-order valence-corrected chi connectivity index (χ3v) is 5.03. The summed E-state index contributed by atoms with van der Waals surface area (Å²) in [6, 6.07) is -0.261. The molecule has 0 radical (unpaired) electrons. The second kappa shape index (κ2) is 11.3. The molecule has 1 heterocycles. The van der Waals surface area contributed by atoms with Gasteiger partial charge in [0.15, 0.2) is 5.96 Å². The van der Waals surface area contributed by atoms with Crippen molar-refractivity contribution in [3.8, 4) is 0 Å². The van der Waals surface area contributed by atoms with E-state index in [0.29, 0.717) is 13.0 Å². The van der Waals surface area contributed by atoms with Crippen LogP contribution in [0.3, 0.4) is 0 Å². The Hall–Kier alpha value is -1.09. The Morgan fingerprint density at radius 3 is 2.48 bits per heavy atom. The van der Waals surface area contributed by atoms with E-state index in [1.807, 2.05) is 0 Å². The predicted octanol–water partition coefficient (Wildman–Crippen LogP) is 1.56. The summed E-state index contributed by atoms with van der Waals surface area (Å²) in [5, 5.41) is 16.1. The number of imidazole rings is 1. The smallest absolute Gasteiger partial charge is 0.374 e. The highest BCUT2D eigenvalue weighted by Crippen LogP contribution is 2.40. The molecule has 1 rings (SSSR count). The second-order valence-electron chi connectivity index (χ2n) is 6.69. The average molecular weight is 555 g/mol. The van der Waals surface area contributed by atoms with Crippen molar-refractivity contribution in [1.82, 2.24) is 20.2 Å². The molecule has 1 aromatic rings. The maximum atomic E-state index is 13.5. The summed E-state index contributed by atoms with van der Waals surface area (Å²) in [5.41, 5.74) is -3.13. The third-order valence-electron chi connectivity index (χ3n) is 4.05. The van der Waals surface area contributed by atoms with Crippen LogP contribution in [0.5, 0.6) is 0 Å². The van der Waals surface area contributed by atoms with Crippen LogP contribution in [0.4, 0.5) is 13.2 Å². The van der Waals surface area contributed by atoms with Crippen LogP contribution in [0.15, 0.2) is 17.4 Å². The van der Waals surface area contributed by atoms with Crippen molar-refractivity contribution in [3.63, 3.8) is 0 Å². The number of aliphatic hydroxyl groups is 1. The summed E-state index contributed by atoms with van der Waals surface area (Å²) in [7, 11) is -1.74. The van der Waals surface area contributed by atoms with Gasteiger partial charge in [0.25, 0.3) is 0 Å². The SMILES string of the molecule is CCNC(=NCCC(O)(c1nccn1C)C(F)(F)F)NC(C)CCS(C)(=O)=O.I. The quantitative estimate of drug-likeness (QED) is 0.243. The molecule has 1 aromatic heterocycles. The first-order valence-corrected chi connectivity index (χ1v) is 10.9. The van der Waals surface area contributed by atoms with Gasteiger partial charge in [0.05, 0.1) is 5.75 Å². The van der Waals surface area contributed by atoms with E-state index in [9.17, 15) is 26.7 Å². The monoisotopic (exact) mass is 555 g/mol. The number of hydrogen-bond donors (Lipinski definition) is 3. The summed E-state index contributed by atoms with van der Waals surface area (Å²) in [5.74, 6) is -0.282. The summed E-state index contributed by atoms with van der Waals surface area (Å²) in [6.07, 6.45) is -1.67. The third kappa shape index (κ3) is 8.66. The van der Waals surface area contributed by atoms with Gasteiger partial charge in [-0.2, -0.15) is 13.2 Å². The summed E-state index contributed by atoms with van der Waals surface area (Å²) in [6.45, 7) is 3.68. The summed E-state index contributed by atoms with van der Waals surface area (Å²) in [4.78, 5) is 7.72. The maximum absolute atomic E-state index is 13.5. The molecule has 13 heteroatoms. The van der Waals surface area contributed by atoms with Crippen LogP contribution in [-0.2, 0) is 22.5 Å². The number of halogens is 4. The van der Waals surface area contributed by atoms with Gasteiger partial charge in [-0.15, -0.1) is 24.0 Å². The highest BCUT2D eigenvalue weighted by atomic mass is 127. The molecule has 2 atom stereocenters. The molecule has 0 saturated heterocycles. The molecule has 0 aliphatic carbocycles. The molecule has 0 bridgehead atoms. The molecule has 0 fully saturated rings. The zero-order valence-electron chi connectivity index (χ0n) is 16.8. The Balaban J connectivity index is 0.00000784. The molecule has 0 spiro atoms. The van der Waals surface area contributed by atoms with Crippen molar-refractivity contribution in [2.75, 3.05) is 25.1 Å². The van der Waals surface area contributed by atoms with Gasteiger partial charge in [-0.1, -0.05) is 0 Å². The van der Waals surface area contributed by atoms with Crippen molar-refractivity contribution in [1.29, 1.82) is 0 Å². The fourth-order valence-electron chi connectivity index (χ4n) is 2.49. The minimum Gasteiger partial charge on any atom is -0.374 e. The van der Waals surface area contributed by atoms with Crippen molar-refractivity contribution >= 4 is 39.8 Å². The van der Waals surface area contributed by atoms with Crippen molar-refractivity contribution in [2.45, 2.75) is 44.5 Å². The fourth-order valence-corrected chi connectivity index (χ4v) is 3.27. The first-order valence-electron chi connectivity index (χ1n) is 8.79. The lowest BCUT2D eigenvalue weighted by molar-refractivity contribution is -0.272. The highest BCUT2D eigenvalue weighted by molar-refractivity contribution is 14.0. The minimum absolute atomic E-state index is 0. The van der Waals surface area contributed by atoms with Crippen LogP contribution >= 0.6 is 24.0 Å². The van der Waals surface area contributed by atoms with E-state index >= 15 is 0 Å². The Morgan fingerprint density at radius 2 is 2.03 bits per heavy atom. The first kappa shape index (κ1) is 27.9. The molecule has 170 valence electrons. The molecule has 2 unspecified atom stereocenters. The van der Waals surface area contributed by atoms with Crippen LogP contribution in [-0.4, -0.2) is 66.4 Å². The number of aryl methyl sites for hydroxylation is 1. The predicted molar refractivity (Wildman–Crippen MR) is 116 cm³/mol. The van der Waals surface area contributed by atoms with Gasteiger partial charge in [-0.25, -0.2) is 13.4 Å². The van der Waals surface area contributed by atoms with E-state index in [2.05, 4.69) is 20.6 Å². The number of guanidine groups is 1. The van der Waals surface area contributed by atoms with Gasteiger partial charge < -0.3 is 20.3 Å². The lowest BCUT2D eigenvalue weighted by Crippen LogP contribution is -2.46. The maximum Gasteiger partial charge on any atom is 0.424 e. The summed E-state index contributed by atoms with van der Waals surface area (Å²) < 4.78 is 64.1. The number of nitrogens with one attached hydrogen (secondary N) is 2. The van der Waals surface area contributed by atoms with E-state index in [1.54, 1.807) is 13.8 Å². The molecule has 0 aliphatic heterocycles. The molecule has 0 aliphatic rings. The van der Waals surface area contributed by atoms with Crippen molar-refractivity contribution in [3.05, 3.63) is 18.2 Å². The van der Waals surface area contributed by atoms with Gasteiger partial charge in [-0.05, 0) is 20.3 Å². The normalized spacial score (nSPS) is 15.9. The Morgan fingerprint density at radius 1 is 1.41 bits per heavy atom. The molecule has 0 saturated carbocycles. The number of sulfone groups is 1. The second-order valence-corrected chi connectivity index (χ2v) is 8.95. The topological polar surface area (TPSA) is 109 Å². The number of hydrogen-bond acceptors (Lipinski definition) is 5. The molecule has 3 N–H and O–H groups in total. The largest absolute Gasteiger partial charge is 0.424 e. The van der Waals surface area contributed by atoms with Gasteiger partial charge in [-0.3, -0.25) is 4.99 Å². The molecular weight excluding hydrogens is 526 g/mol. The van der Waals surface area contributed by atoms with E-state index in [0.717, 1.165) is 10.8 Å². The Labute approximate surface area is 186 Å².